The Morgan fingerprint density at radius 3 is 2.38 bits per heavy atom. The second kappa shape index (κ2) is 5.36. The van der Waals surface area contributed by atoms with Gasteiger partial charge in [-0.05, 0) is 6.04 Å². The van der Waals surface area contributed by atoms with Gasteiger partial charge in [0.15, 0.2) is 0 Å². The molecule has 0 aromatic rings. The van der Waals surface area contributed by atoms with Crippen molar-refractivity contribution in [3.63, 3.8) is 0 Å². The van der Waals surface area contributed by atoms with Crippen molar-refractivity contribution in [2.45, 2.75) is 31.7 Å². The van der Waals surface area contributed by atoms with Crippen LogP contribution < -0.4 is 11.5 Å². The van der Waals surface area contributed by atoms with Crippen molar-refractivity contribution in [2.75, 3.05) is 13.2 Å². The van der Waals surface area contributed by atoms with Gasteiger partial charge in [0.25, 0.3) is 0 Å². The summed E-state index contributed by atoms with van der Waals surface area (Å²) >= 11 is 0. The number of esters is 1. The van der Waals surface area contributed by atoms with Crippen molar-refractivity contribution < 1.29 is 9.53 Å². The molecule has 0 radical (unpaired) electrons. The van der Waals surface area contributed by atoms with E-state index in [-0.39, 0.29) is 12.5 Å². The molecule has 5 heteroatoms. The fourth-order valence-corrected chi connectivity index (χ4v) is 1.38. The van der Waals surface area contributed by atoms with Crippen molar-refractivity contribution in [3.05, 3.63) is 0 Å². The Labute approximate surface area is 80.6 Å². The van der Waals surface area contributed by atoms with E-state index in [4.69, 9.17) is 16.2 Å². The quantitative estimate of drug-likeness (QED) is 0.494. The summed E-state index contributed by atoms with van der Waals surface area (Å²) in [5.74, 6) is -0.388. The zero-order chi connectivity index (χ0) is 10.5. The smallest absolute Gasteiger partial charge is 0.324 e. The van der Waals surface area contributed by atoms with E-state index in [1.807, 2.05) is 0 Å². The molecule has 0 amide bonds. The molecular formula is C8H20N2O2Si. The van der Waals surface area contributed by atoms with Crippen molar-refractivity contribution in [3.8, 4) is 0 Å². The third-order valence-electron chi connectivity index (χ3n) is 1.65. The van der Waals surface area contributed by atoms with Crippen molar-refractivity contribution >= 4 is 14.0 Å². The molecular weight excluding hydrogens is 184 g/mol. The molecule has 0 aliphatic heterocycles. The van der Waals surface area contributed by atoms with Crippen LogP contribution in [-0.4, -0.2) is 33.2 Å². The maximum Gasteiger partial charge on any atom is 0.324 e. The Morgan fingerprint density at radius 2 is 2.00 bits per heavy atom. The van der Waals surface area contributed by atoms with Gasteiger partial charge in [-0.2, -0.15) is 0 Å². The lowest BCUT2D eigenvalue weighted by atomic mass is 10.3. The third kappa shape index (κ3) is 6.74. The number of rotatable bonds is 5. The van der Waals surface area contributed by atoms with Crippen LogP contribution in [0.1, 0.15) is 0 Å². The highest BCUT2D eigenvalue weighted by molar-refractivity contribution is 6.76. The predicted molar refractivity (Wildman–Crippen MR) is 56.1 cm³/mol. The van der Waals surface area contributed by atoms with E-state index in [0.717, 1.165) is 6.04 Å². The van der Waals surface area contributed by atoms with Crippen LogP contribution >= 0.6 is 0 Å². The van der Waals surface area contributed by atoms with E-state index < -0.39 is 14.1 Å². The molecule has 0 spiro atoms. The highest BCUT2D eigenvalue weighted by Crippen LogP contribution is 2.07. The Balaban J connectivity index is 3.60. The van der Waals surface area contributed by atoms with Crippen molar-refractivity contribution in [2.24, 2.45) is 11.5 Å². The Morgan fingerprint density at radius 1 is 1.46 bits per heavy atom. The molecule has 4 N–H and O–H groups in total. The SMILES string of the molecule is C[Si](C)(C)CCOC(=O)C(N)CN. The van der Waals surface area contributed by atoms with Gasteiger partial charge < -0.3 is 16.2 Å². The fourth-order valence-electron chi connectivity index (χ4n) is 0.661. The van der Waals surface area contributed by atoms with Gasteiger partial charge in [0, 0.05) is 14.6 Å². The Kier molecular flexibility index (Phi) is 5.20. The van der Waals surface area contributed by atoms with Gasteiger partial charge in [0.05, 0.1) is 6.61 Å². The summed E-state index contributed by atoms with van der Waals surface area (Å²) in [5.41, 5.74) is 10.6. The molecule has 0 heterocycles. The first kappa shape index (κ1) is 12.6. The first-order valence-electron chi connectivity index (χ1n) is 4.49. The van der Waals surface area contributed by atoms with Crippen molar-refractivity contribution in [1.82, 2.24) is 0 Å². The van der Waals surface area contributed by atoms with Gasteiger partial charge in [0.1, 0.15) is 6.04 Å². The first-order chi connectivity index (χ1) is 5.87. The number of hydrogen-bond donors (Lipinski definition) is 2. The third-order valence-corrected chi connectivity index (χ3v) is 3.36. The summed E-state index contributed by atoms with van der Waals surface area (Å²) in [4.78, 5) is 11.0. The molecule has 78 valence electrons. The Hall–Kier alpha value is -0.393. The number of carbonyl (C=O) groups is 1. The Bertz CT molecular complexity index is 168. The molecule has 1 unspecified atom stereocenters. The maximum absolute atomic E-state index is 11.0. The van der Waals surface area contributed by atoms with Gasteiger partial charge in [0.2, 0.25) is 0 Å². The van der Waals surface area contributed by atoms with E-state index in [0.29, 0.717) is 6.61 Å². The average Bonchev–Trinajstić information content (AvgIpc) is 2.00. The lowest BCUT2D eigenvalue weighted by Gasteiger charge is -2.16. The van der Waals surface area contributed by atoms with Crippen LogP contribution in [0, 0.1) is 0 Å². The molecule has 4 nitrogen and oxygen atoms in total. The van der Waals surface area contributed by atoms with Crippen LogP contribution in [0.15, 0.2) is 0 Å². The minimum Gasteiger partial charge on any atom is -0.465 e. The summed E-state index contributed by atoms with van der Waals surface area (Å²) < 4.78 is 4.96. The number of nitrogens with two attached hydrogens (primary N) is 2. The molecule has 0 aliphatic carbocycles. The molecule has 0 aliphatic rings. The van der Waals surface area contributed by atoms with Gasteiger partial charge in [-0.3, -0.25) is 4.79 Å². The summed E-state index contributed by atoms with van der Waals surface area (Å²) in [6.45, 7) is 7.30. The zero-order valence-corrected chi connectivity index (χ0v) is 9.67. The minimum absolute atomic E-state index is 0.145. The molecule has 0 fully saturated rings. The van der Waals surface area contributed by atoms with Crippen LogP contribution in [0.3, 0.4) is 0 Å². The molecule has 13 heavy (non-hydrogen) atoms. The summed E-state index contributed by atoms with van der Waals surface area (Å²) in [7, 11) is -1.12. The molecule has 0 saturated heterocycles. The van der Waals surface area contributed by atoms with E-state index in [9.17, 15) is 4.79 Å². The predicted octanol–water partition coefficient (Wildman–Crippen LogP) is 0.154. The number of hydrogen-bond acceptors (Lipinski definition) is 4. The lowest BCUT2D eigenvalue weighted by Crippen LogP contribution is -2.39. The topological polar surface area (TPSA) is 78.3 Å². The van der Waals surface area contributed by atoms with E-state index in [2.05, 4.69) is 19.6 Å². The van der Waals surface area contributed by atoms with Crippen LogP contribution in [0.5, 0.6) is 0 Å². The van der Waals surface area contributed by atoms with Crippen LogP contribution in [-0.2, 0) is 9.53 Å². The highest BCUT2D eigenvalue weighted by Gasteiger charge is 2.16. The fraction of sp³-hybridized carbons (Fsp3) is 0.875. The number of carbonyl (C=O) groups excluding carboxylic acids is 1. The highest BCUT2D eigenvalue weighted by atomic mass is 28.3. The molecule has 0 saturated carbocycles. The molecule has 0 aromatic carbocycles. The second-order valence-corrected chi connectivity index (χ2v) is 9.94. The number of ether oxygens (including phenoxy) is 1. The standard InChI is InChI=1S/C8H20N2O2Si/c1-13(2,3)5-4-12-8(11)7(10)6-9/h7H,4-6,9-10H2,1-3H3. The normalized spacial score (nSPS) is 13.9. The maximum atomic E-state index is 11.0. The second-order valence-electron chi connectivity index (χ2n) is 4.32. The van der Waals surface area contributed by atoms with Gasteiger partial charge in [-0.15, -0.1) is 0 Å². The van der Waals surface area contributed by atoms with Crippen LogP contribution in [0.2, 0.25) is 25.7 Å². The van der Waals surface area contributed by atoms with Crippen LogP contribution in [0.4, 0.5) is 0 Å². The summed E-state index contributed by atoms with van der Waals surface area (Å²) in [5, 5.41) is 0. The van der Waals surface area contributed by atoms with Gasteiger partial charge in [-0.1, -0.05) is 19.6 Å². The van der Waals surface area contributed by atoms with Gasteiger partial charge >= 0.3 is 5.97 Å². The van der Waals surface area contributed by atoms with Crippen LogP contribution in [0.25, 0.3) is 0 Å². The molecule has 0 aromatic heterocycles. The summed E-state index contributed by atoms with van der Waals surface area (Å²) in [6.07, 6.45) is 0. The lowest BCUT2D eigenvalue weighted by molar-refractivity contribution is -0.144. The van der Waals surface area contributed by atoms with E-state index in [1.165, 1.54) is 0 Å². The minimum atomic E-state index is -1.12. The molecule has 0 rings (SSSR count). The molecule has 1 atom stereocenters. The zero-order valence-electron chi connectivity index (χ0n) is 8.67. The van der Waals surface area contributed by atoms with Crippen molar-refractivity contribution in [1.29, 1.82) is 0 Å². The monoisotopic (exact) mass is 204 g/mol. The van der Waals surface area contributed by atoms with Gasteiger partial charge in [-0.25, -0.2) is 0 Å². The summed E-state index contributed by atoms with van der Waals surface area (Å²) in [6, 6.07) is 0.303. The molecule has 0 bridgehead atoms. The van der Waals surface area contributed by atoms with E-state index in [1.54, 1.807) is 0 Å². The largest absolute Gasteiger partial charge is 0.465 e. The average molecular weight is 204 g/mol. The van der Waals surface area contributed by atoms with E-state index >= 15 is 0 Å². The first-order valence-corrected chi connectivity index (χ1v) is 8.20.